The number of aryl methyl sites for hydroxylation is 6. The van der Waals surface area contributed by atoms with Crippen molar-refractivity contribution < 1.29 is 19.1 Å². The van der Waals surface area contributed by atoms with E-state index in [9.17, 15) is 9.59 Å². The van der Waals surface area contributed by atoms with Crippen molar-refractivity contribution in [3.8, 4) is 11.5 Å². The topological polar surface area (TPSA) is 76.7 Å². The van der Waals surface area contributed by atoms with Crippen LogP contribution in [0.2, 0.25) is 0 Å². The second-order valence-corrected chi connectivity index (χ2v) is 12.5. The van der Waals surface area contributed by atoms with Gasteiger partial charge in [0, 0.05) is 11.1 Å². The van der Waals surface area contributed by atoms with Gasteiger partial charge in [-0.25, -0.2) is 0 Å². The van der Waals surface area contributed by atoms with Gasteiger partial charge in [-0.05, 0) is 111 Å². The first-order valence-electron chi connectivity index (χ1n) is 14.1. The number of ether oxygens (including phenoxy) is 2. The monoisotopic (exact) mass is 670 g/mol. The van der Waals surface area contributed by atoms with Gasteiger partial charge in [0.05, 0.1) is 15.7 Å². The van der Waals surface area contributed by atoms with E-state index in [4.69, 9.17) is 9.47 Å². The van der Waals surface area contributed by atoms with Gasteiger partial charge in [-0.15, -0.1) is 0 Å². The van der Waals surface area contributed by atoms with Gasteiger partial charge in [0.15, 0.2) is 0 Å². The Kier molecular flexibility index (Phi) is 11.2. The molecule has 0 spiro atoms. The predicted octanol–water partition coefficient (Wildman–Crippen LogP) is 7.17. The smallest absolute Gasteiger partial charge is 0.252 e. The lowest BCUT2D eigenvalue weighted by Gasteiger charge is -2.24. The Morgan fingerprint density at radius 3 is 1.56 bits per heavy atom. The van der Waals surface area contributed by atoms with Crippen LogP contribution >= 0.6 is 22.6 Å². The molecule has 3 aromatic carbocycles. The molecule has 0 bridgehead atoms. The highest BCUT2D eigenvalue weighted by Crippen LogP contribution is 2.30. The molecule has 3 aromatic rings. The molecule has 0 saturated carbocycles. The van der Waals surface area contributed by atoms with Crippen molar-refractivity contribution >= 4 is 34.4 Å². The maximum absolute atomic E-state index is 13.2. The normalized spacial score (nSPS) is 12.6. The maximum atomic E-state index is 13.2. The molecule has 0 heterocycles. The molecule has 0 aliphatic carbocycles. The minimum Gasteiger partial charge on any atom is -0.490 e. The molecule has 0 aliphatic rings. The van der Waals surface area contributed by atoms with Crippen LogP contribution in [-0.4, -0.2) is 37.1 Å². The minimum absolute atomic E-state index is 0.0823. The molecule has 2 N–H and O–H groups in total. The number of carbonyl (C=O) groups excluding carboxylic acids is 2. The summed E-state index contributed by atoms with van der Waals surface area (Å²) in [5.41, 5.74) is 7.59. The molecule has 7 heteroatoms. The van der Waals surface area contributed by atoms with Gasteiger partial charge in [-0.2, -0.15) is 0 Å². The highest BCUT2D eigenvalue weighted by atomic mass is 127. The van der Waals surface area contributed by atoms with Gasteiger partial charge >= 0.3 is 0 Å². The quantitative estimate of drug-likeness (QED) is 0.212. The summed E-state index contributed by atoms with van der Waals surface area (Å²) in [5, 5.41) is 6.24. The summed E-state index contributed by atoms with van der Waals surface area (Å²) < 4.78 is 13.1. The Balaban J connectivity index is 1.62. The third-order valence-electron chi connectivity index (χ3n) is 7.14. The van der Waals surface area contributed by atoms with Gasteiger partial charge < -0.3 is 20.1 Å². The molecule has 41 heavy (non-hydrogen) atoms. The number of amides is 2. The Morgan fingerprint density at radius 1 is 0.707 bits per heavy atom. The lowest BCUT2D eigenvalue weighted by atomic mass is 9.98. The van der Waals surface area contributed by atoms with Crippen LogP contribution in [0.4, 0.5) is 0 Å². The zero-order valence-electron chi connectivity index (χ0n) is 25.7. The molecule has 0 fully saturated rings. The first-order valence-corrected chi connectivity index (χ1v) is 15.2. The second-order valence-electron chi connectivity index (χ2n) is 11.4. The van der Waals surface area contributed by atoms with E-state index in [1.165, 1.54) is 0 Å². The maximum Gasteiger partial charge on any atom is 0.252 e. The van der Waals surface area contributed by atoms with Crippen LogP contribution in [0.3, 0.4) is 0 Å². The summed E-state index contributed by atoms with van der Waals surface area (Å²) >= 11 is 2.22. The average Bonchev–Trinajstić information content (AvgIpc) is 2.85. The fourth-order valence-corrected chi connectivity index (χ4v) is 5.83. The fraction of sp³-hybridized carbons (Fsp3) is 0.412. The molecule has 6 nitrogen and oxygen atoms in total. The summed E-state index contributed by atoms with van der Waals surface area (Å²) in [6, 6.07) is 13.4. The molecule has 220 valence electrons. The number of halogens is 1. The lowest BCUT2D eigenvalue weighted by molar-refractivity contribution is 0.0901. The van der Waals surface area contributed by atoms with E-state index < -0.39 is 0 Å². The van der Waals surface area contributed by atoms with Gasteiger partial charge in [-0.1, -0.05) is 55.3 Å². The summed E-state index contributed by atoms with van der Waals surface area (Å²) in [4.78, 5) is 26.1. The number of hydrogen-bond donors (Lipinski definition) is 2. The Labute approximate surface area is 258 Å². The molecule has 2 atom stereocenters. The van der Waals surface area contributed by atoms with Crippen molar-refractivity contribution in [2.45, 2.75) is 74.4 Å². The van der Waals surface area contributed by atoms with Crippen LogP contribution < -0.4 is 20.1 Å². The van der Waals surface area contributed by atoms with Crippen molar-refractivity contribution in [2.75, 3.05) is 13.2 Å². The van der Waals surface area contributed by atoms with Crippen molar-refractivity contribution in [3.05, 3.63) is 90.5 Å². The molecule has 2 amide bonds. The van der Waals surface area contributed by atoms with Crippen LogP contribution in [0.5, 0.6) is 11.5 Å². The van der Waals surface area contributed by atoms with Gasteiger partial charge in [-0.3, -0.25) is 9.59 Å². The highest BCUT2D eigenvalue weighted by molar-refractivity contribution is 14.1. The van der Waals surface area contributed by atoms with Crippen LogP contribution in [0.1, 0.15) is 74.9 Å². The molecule has 0 aliphatic heterocycles. The lowest BCUT2D eigenvalue weighted by Crippen LogP contribution is -2.43. The molecular formula is C34H43IN2O4. The fourth-order valence-electron chi connectivity index (χ4n) is 5.16. The van der Waals surface area contributed by atoms with Gasteiger partial charge in [0.2, 0.25) is 0 Å². The standard InChI is InChI=1S/C34H43IN2O4/c1-19(2)27(37-34(39)31-24(7)15-21(4)16-25(31)8)18-41-29-12-10-11-28(32(29)35)40-17-26(9)36-33(38)30-22(5)13-20(3)14-23(30)6/h10-16,19,26-27H,17-18H2,1-9H3,(H,36,38)(H,37,39)/t26-,27+/m0/s1. The molecule has 3 rings (SSSR count). The van der Waals surface area contributed by atoms with Gasteiger partial charge in [0.25, 0.3) is 11.8 Å². The van der Waals surface area contributed by atoms with E-state index in [2.05, 4.69) is 47.1 Å². The second kappa shape index (κ2) is 14.2. The molecule has 0 radical (unpaired) electrons. The largest absolute Gasteiger partial charge is 0.490 e. The van der Waals surface area contributed by atoms with E-state index in [-0.39, 0.29) is 29.8 Å². The molecule has 0 aromatic heterocycles. The minimum atomic E-state index is -0.197. The van der Waals surface area contributed by atoms with Crippen molar-refractivity contribution in [1.82, 2.24) is 10.6 Å². The summed E-state index contributed by atoms with van der Waals surface area (Å²) in [6.45, 7) is 18.7. The average molecular weight is 671 g/mol. The molecule has 0 saturated heterocycles. The third-order valence-corrected chi connectivity index (χ3v) is 8.21. The first-order chi connectivity index (χ1) is 19.3. The summed E-state index contributed by atoms with van der Waals surface area (Å²) in [7, 11) is 0. The van der Waals surface area contributed by atoms with E-state index >= 15 is 0 Å². The number of rotatable bonds is 11. The van der Waals surface area contributed by atoms with Crippen LogP contribution in [0, 0.1) is 51.0 Å². The number of nitrogens with one attached hydrogen (secondary N) is 2. The van der Waals surface area contributed by atoms with Crippen molar-refractivity contribution in [1.29, 1.82) is 0 Å². The van der Waals surface area contributed by atoms with Crippen LogP contribution in [0.15, 0.2) is 42.5 Å². The number of carbonyl (C=O) groups is 2. The first kappa shape index (κ1) is 32.4. The van der Waals surface area contributed by atoms with Gasteiger partial charge in [0.1, 0.15) is 24.7 Å². The van der Waals surface area contributed by atoms with E-state index in [0.717, 1.165) is 42.5 Å². The Bertz CT molecular complexity index is 1370. The van der Waals surface area contributed by atoms with Crippen molar-refractivity contribution in [2.24, 2.45) is 5.92 Å². The van der Waals surface area contributed by atoms with E-state index in [0.29, 0.717) is 30.3 Å². The number of benzene rings is 3. The summed E-state index contributed by atoms with van der Waals surface area (Å²) in [6.07, 6.45) is 0. The van der Waals surface area contributed by atoms with Crippen LogP contribution in [0.25, 0.3) is 0 Å². The summed E-state index contributed by atoms with van der Waals surface area (Å²) in [5.74, 6) is 1.37. The Morgan fingerprint density at radius 2 is 1.12 bits per heavy atom. The predicted molar refractivity (Wildman–Crippen MR) is 174 cm³/mol. The zero-order chi connectivity index (χ0) is 30.4. The van der Waals surface area contributed by atoms with E-state index in [1.54, 1.807) is 0 Å². The third kappa shape index (κ3) is 8.47. The molecular weight excluding hydrogens is 627 g/mol. The molecule has 0 unspecified atom stereocenters. The van der Waals surface area contributed by atoms with E-state index in [1.807, 2.05) is 90.9 Å². The number of hydrogen-bond acceptors (Lipinski definition) is 4. The zero-order valence-corrected chi connectivity index (χ0v) is 27.9. The highest BCUT2D eigenvalue weighted by Gasteiger charge is 2.22. The van der Waals surface area contributed by atoms with Crippen molar-refractivity contribution in [3.63, 3.8) is 0 Å². The van der Waals surface area contributed by atoms with Crippen LogP contribution in [-0.2, 0) is 0 Å². The SMILES string of the molecule is Cc1cc(C)c(C(=O)N[C@@H](C)COc2cccc(OC[C@@H](NC(=O)c3c(C)cc(C)cc3C)C(C)C)c2I)c(C)c1. The Hall–Kier alpha value is -3.07.